The summed E-state index contributed by atoms with van der Waals surface area (Å²) in [4.78, 5) is 28.3. The SMILES string of the molecule is CC1(C)SC[C@H](C(=O)NCc2cc(-c3ccccn3)no2)NC1=O. The van der Waals surface area contributed by atoms with Crippen LogP contribution < -0.4 is 10.6 Å². The van der Waals surface area contributed by atoms with Gasteiger partial charge in [0.15, 0.2) is 5.76 Å². The van der Waals surface area contributed by atoms with E-state index in [1.54, 1.807) is 12.3 Å². The van der Waals surface area contributed by atoms with Crippen molar-refractivity contribution in [2.45, 2.75) is 31.2 Å². The molecule has 0 spiro atoms. The van der Waals surface area contributed by atoms with Gasteiger partial charge in [0.05, 0.1) is 17.0 Å². The molecule has 3 heterocycles. The maximum absolute atomic E-state index is 12.2. The van der Waals surface area contributed by atoms with Gasteiger partial charge in [0.25, 0.3) is 0 Å². The van der Waals surface area contributed by atoms with Gasteiger partial charge in [0.2, 0.25) is 11.8 Å². The molecule has 0 saturated carbocycles. The van der Waals surface area contributed by atoms with E-state index in [4.69, 9.17) is 4.52 Å². The number of nitrogens with one attached hydrogen (secondary N) is 2. The van der Waals surface area contributed by atoms with Crippen molar-refractivity contribution < 1.29 is 14.1 Å². The van der Waals surface area contributed by atoms with Crippen LogP contribution in [0.25, 0.3) is 11.4 Å². The lowest BCUT2D eigenvalue weighted by molar-refractivity contribution is -0.129. The van der Waals surface area contributed by atoms with Gasteiger partial charge in [-0.25, -0.2) is 0 Å². The van der Waals surface area contributed by atoms with Crippen molar-refractivity contribution in [3.8, 4) is 11.4 Å². The number of nitrogens with zero attached hydrogens (tertiary/aromatic N) is 2. The molecular weight excluding hydrogens is 328 g/mol. The first kappa shape index (κ1) is 16.5. The Morgan fingerprint density at radius 1 is 1.46 bits per heavy atom. The summed E-state index contributed by atoms with van der Waals surface area (Å²) in [5.74, 6) is 0.706. The van der Waals surface area contributed by atoms with E-state index in [9.17, 15) is 9.59 Å². The van der Waals surface area contributed by atoms with E-state index >= 15 is 0 Å². The molecule has 8 heteroatoms. The van der Waals surface area contributed by atoms with Crippen molar-refractivity contribution in [2.24, 2.45) is 0 Å². The second-order valence-electron chi connectivity index (χ2n) is 5.96. The van der Waals surface area contributed by atoms with Gasteiger partial charge in [-0.05, 0) is 26.0 Å². The molecule has 1 atom stereocenters. The monoisotopic (exact) mass is 346 g/mol. The Balaban J connectivity index is 1.56. The molecule has 0 aliphatic carbocycles. The molecular formula is C16H18N4O3S. The molecule has 0 aromatic carbocycles. The molecule has 0 radical (unpaired) electrons. The number of hydrogen-bond donors (Lipinski definition) is 2. The summed E-state index contributed by atoms with van der Waals surface area (Å²) in [6, 6.07) is 6.72. The molecule has 1 aliphatic rings. The Kier molecular flexibility index (Phi) is 4.57. The molecule has 2 aromatic rings. The molecule has 1 fully saturated rings. The molecule has 126 valence electrons. The minimum absolute atomic E-state index is 0.129. The van der Waals surface area contributed by atoms with Gasteiger partial charge in [-0.3, -0.25) is 14.6 Å². The molecule has 1 saturated heterocycles. The average Bonchev–Trinajstić information content (AvgIpc) is 3.05. The minimum Gasteiger partial charge on any atom is -0.359 e. The van der Waals surface area contributed by atoms with Crippen LogP contribution in [-0.2, 0) is 16.1 Å². The lowest BCUT2D eigenvalue weighted by atomic mass is 10.1. The van der Waals surface area contributed by atoms with E-state index in [0.29, 0.717) is 22.9 Å². The summed E-state index contributed by atoms with van der Waals surface area (Å²) in [5, 5.41) is 9.45. The minimum atomic E-state index is -0.534. The molecule has 0 unspecified atom stereocenters. The van der Waals surface area contributed by atoms with Crippen molar-refractivity contribution in [2.75, 3.05) is 5.75 Å². The molecule has 24 heavy (non-hydrogen) atoms. The number of aromatic nitrogens is 2. The van der Waals surface area contributed by atoms with Crippen molar-refractivity contribution in [3.05, 3.63) is 36.2 Å². The van der Waals surface area contributed by atoms with E-state index < -0.39 is 10.8 Å². The standard InChI is InChI=1S/C16H18N4O3S/c1-16(2)15(22)19-13(9-24-16)14(21)18-8-10-7-12(20-23-10)11-5-3-4-6-17-11/h3-7,13H,8-9H2,1-2H3,(H,18,21)(H,19,22)/t13-/m1/s1. The highest BCUT2D eigenvalue weighted by Gasteiger charge is 2.37. The van der Waals surface area contributed by atoms with Gasteiger partial charge in [0.1, 0.15) is 11.7 Å². The predicted molar refractivity (Wildman–Crippen MR) is 90.0 cm³/mol. The molecule has 7 nitrogen and oxygen atoms in total. The van der Waals surface area contributed by atoms with E-state index in [-0.39, 0.29) is 18.4 Å². The van der Waals surface area contributed by atoms with Crippen LogP contribution in [-0.4, -0.2) is 38.5 Å². The lowest BCUT2D eigenvalue weighted by Gasteiger charge is -2.32. The maximum atomic E-state index is 12.2. The second-order valence-corrected chi connectivity index (χ2v) is 7.60. The summed E-state index contributed by atoms with van der Waals surface area (Å²) in [6.45, 7) is 3.89. The van der Waals surface area contributed by atoms with Gasteiger partial charge in [-0.1, -0.05) is 11.2 Å². The predicted octanol–water partition coefficient (Wildman–Crippen LogP) is 1.36. The Hall–Kier alpha value is -2.35. The lowest BCUT2D eigenvalue weighted by Crippen LogP contribution is -2.56. The summed E-state index contributed by atoms with van der Waals surface area (Å²) in [6.07, 6.45) is 1.68. The molecule has 2 N–H and O–H groups in total. The van der Waals surface area contributed by atoms with Crippen molar-refractivity contribution >= 4 is 23.6 Å². The van der Waals surface area contributed by atoms with Gasteiger partial charge in [0, 0.05) is 18.0 Å². The fourth-order valence-electron chi connectivity index (χ4n) is 2.20. The normalized spacial score (nSPS) is 19.6. The van der Waals surface area contributed by atoms with Crippen LogP contribution in [0.1, 0.15) is 19.6 Å². The third-order valence-electron chi connectivity index (χ3n) is 3.70. The van der Waals surface area contributed by atoms with Crippen molar-refractivity contribution in [1.82, 2.24) is 20.8 Å². The fourth-order valence-corrected chi connectivity index (χ4v) is 3.21. The zero-order valence-corrected chi connectivity index (χ0v) is 14.2. The number of carbonyl (C=O) groups excluding carboxylic acids is 2. The van der Waals surface area contributed by atoms with E-state index in [1.165, 1.54) is 11.8 Å². The Morgan fingerprint density at radius 3 is 3.00 bits per heavy atom. The Bertz CT molecular complexity index is 745. The largest absolute Gasteiger partial charge is 0.359 e. The zero-order valence-electron chi connectivity index (χ0n) is 13.4. The van der Waals surface area contributed by atoms with Crippen LogP contribution in [0.2, 0.25) is 0 Å². The van der Waals surface area contributed by atoms with Crippen LogP contribution >= 0.6 is 11.8 Å². The Morgan fingerprint density at radius 2 is 2.29 bits per heavy atom. The van der Waals surface area contributed by atoms with Gasteiger partial charge < -0.3 is 15.2 Å². The smallest absolute Gasteiger partial charge is 0.243 e. The third-order valence-corrected chi connectivity index (χ3v) is 5.11. The molecule has 2 amide bonds. The number of amides is 2. The van der Waals surface area contributed by atoms with Crippen LogP contribution in [0, 0.1) is 0 Å². The highest BCUT2D eigenvalue weighted by molar-refractivity contribution is 8.01. The van der Waals surface area contributed by atoms with Crippen molar-refractivity contribution in [3.63, 3.8) is 0 Å². The van der Waals surface area contributed by atoms with Gasteiger partial charge >= 0.3 is 0 Å². The van der Waals surface area contributed by atoms with Crippen LogP contribution in [0.3, 0.4) is 0 Å². The quantitative estimate of drug-likeness (QED) is 0.868. The molecule has 2 aromatic heterocycles. The zero-order chi connectivity index (χ0) is 17.2. The first-order chi connectivity index (χ1) is 11.5. The second kappa shape index (κ2) is 6.64. The van der Waals surface area contributed by atoms with Gasteiger partial charge in [-0.15, -0.1) is 11.8 Å². The summed E-state index contributed by atoms with van der Waals surface area (Å²) < 4.78 is 4.71. The number of pyridine rings is 1. The highest BCUT2D eigenvalue weighted by Crippen LogP contribution is 2.29. The molecule has 1 aliphatic heterocycles. The van der Waals surface area contributed by atoms with Crippen LogP contribution in [0.4, 0.5) is 0 Å². The first-order valence-electron chi connectivity index (χ1n) is 7.55. The fraction of sp³-hybridized carbons (Fsp3) is 0.375. The number of hydrogen-bond acceptors (Lipinski definition) is 6. The van der Waals surface area contributed by atoms with E-state index in [2.05, 4.69) is 20.8 Å². The average molecular weight is 346 g/mol. The number of thioether (sulfide) groups is 1. The van der Waals surface area contributed by atoms with Crippen LogP contribution in [0.15, 0.2) is 35.0 Å². The van der Waals surface area contributed by atoms with Gasteiger partial charge in [-0.2, -0.15) is 0 Å². The summed E-state index contributed by atoms with van der Waals surface area (Å²) in [5.41, 5.74) is 1.32. The number of rotatable bonds is 4. The highest BCUT2D eigenvalue weighted by atomic mass is 32.2. The molecule has 3 rings (SSSR count). The first-order valence-corrected chi connectivity index (χ1v) is 8.54. The maximum Gasteiger partial charge on any atom is 0.243 e. The van der Waals surface area contributed by atoms with Crippen molar-refractivity contribution in [1.29, 1.82) is 0 Å². The summed E-state index contributed by atoms with van der Waals surface area (Å²) >= 11 is 1.47. The third kappa shape index (κ3) is 3.59. The summed E-state index contributed by atoms with van der Waals surface area (Å²) in [7, 11) is 0. The molecule has 0 bridgehead atoms. The number of carbonyl (C=O) groups is 2. The Labute approximate surface area is 143 Å². The van der Waals surface area contributed by atoms with E-state index in [0.717, 1.165) is 0 Å². The van der Waals surface area contributed by atoms with Crippen LogP contribution in [0.5, 0.6) is 0 Å². The topological polar surface area (TPSA) is 97.1 Å². The van der Waals surface area contributed by atoms with E-state index in [1.807, 2.05) is 32.0 Å².